The smallest absolute Gasteiger partial charge is 0.173 e. The molecule has 1 saturated carbocycles. The first-order valence-electron chi connectivity index (χ1n) is 7.87. The standard InChI is InChI=1S/C20H18O3/c21-17-12-11-16(13-17)18(19(22)14-7-3-1-4-8-14)20(23)15-9-5-2-6-10-15/h1-10,16,18H,11-13H2. The Kier molecular flexibility index (Phi) is 4.47. The Balaban J connectivity index is 1.95. The van der Waals surface area contributed by atoms with Gasteiger partial charge >= 0.3 is 0 Å². The molecule has 2 aromatic rings. The van der Waals surface area contributed by atoms with Gasteiger partial charge in [0.1, 0.15) is 5.78 Å². The third kappa shape index (κ3) is 3.29. The maximum atomic E-state index is 12.9. The Morgan fingerprint density at radius 1 is 0.826 bits per heavy atom. The minimum atomic E-state index is -0.772. The molecule has 3 rings (SSSR count). The van der Waals surface area contributed by atoms with E-state index >= 15 is 0 Å². The van der Waals surface area contributed by atoms with Gasteiger partial charge in [0.25, 0.3) is 0 Å². The maximum absolute atomic E-state index is 12.9. The van der Waals surface area contributed by atoms with Gasteiger partial charge in [-0.05, 0) is 12.3 Å². The molecule has 1 atom stereocenters. The topological polar surface area (TPSA) is 51.2 Å². The lowest BCUT2D eigenvalue weighted by Crippen LogP contribution is -2.31. The van der Waals surface area contributed by atoms with Crippen molar-refractivity contribution in [3.8, 4) is 0 Å². The van der Waals surface area contributed by atoms with Crippen LogP contribution in [0.1, 0.15) is 40.0 Å². The van der Waals surface area contributed by atoms with Gasteiger partial charge in [-0.15, -0.1) is 0 Å². The number of rotatable bonds is 5. The number of hydrogen-bond donors (Lipinski definition) is 0. The van der Waals surface area contributed by atoms with Crippen molar-refractivity contribution < 1.29 is 14.4 Å². The first-order valence-corrected chi connectivity index (χ1v) is 7.87. The molecule has 0 N–H and O–H groups in total. The molecule has 3 heteroatoms. The van der Waals surface area contributed by atoms with Crippen molar-refractivity contribution in [3.63, 3.8) is 0 Å². The molecule has 1 fully saturated rings. The summed E-state index contributed by atoms with van der Waals surface area (Å²) < 4.78 is 0. The second-order valence-electron chi connectivity index (χ2n) is 5.98. The normalized spacial score (nSPS) is 17.4. The summed E-state index contributed by atoms with van der Waals surface area (Å²) in [6, 6.07) is 17.7. The van der Waals surface area contributed by atoms with Crippen LogP contribution in [-0.2, 0) is 4.79 Å². The van der Waals surface area contributed by atoms with Crippen LogP contribution in [0.5, 0.6) is 0 Å². The fraction of sp³-hybridized carbons (Fsp3) is 0.250. The molecule has 0 amide bonds. The lowest BCUT2D eigenvalue weighted by atomic mass is 9.79. The van der Waals surface area contributed by atoms with Crippen molar-refractivity contribution in [1.29, 1.82) is 0 Å². The molecule has 0 radical (unpaired) electrons. The molecular formula is C20H18O3. The Morgan fingerprint density at radius 2 is 1.30 bits per heavy atom. The summed E-state index contributed by atoms with van der Waals surface area (Å²) >= 11 is 0. The SMILES string of the molecule is O=C1CCC(C(C(=O)c2ccccc2)C(=O)c2ccccc2)C1. The molecule has 2 aromatic carbocycles. The summed E-state index contributed by atoms with van der Waals surface area (Å²) in [6.07, 6.45) is 1.40. The highest BCUT2D eigenvalue weighted by molar-refractivity contribution is 6.16. The van der Waals surface area contributed by atoms with Crippen LogP contribution in [0.15, 0.2) is 60.7 Å². The molecule has 1 aliphatic carbocycles. The van der Waals surface area contributed by atoms with Crippen LogP contribution in [0.25, 0.3) is 0 Å². The predicted octanol–water partition coefficient (Wildman–Crippen LogP) is 3.74. The number of benzene rings is 2. The minimum Gasteiger partial charge on any atom is -0.300 e. The van der Waals surface area contributed by atoms with E-state index in [2.05, 4.69) is 0 Å². The highest BCUT2D eigenvalue weighted by atomic mass is 16.2. The van der Waals surface area contributed by atoms with Gasteiger partial charge in [0.15, 0.2) is 11.6 Å². The Hall–Kier alpha value is -2.55. The number of ketones is 3. The Morgan fingerprint density at radius 3 is 1.70 bits per heavy atom. The van der Waals surface area contributed by atoms with Gasteiger partial charge < -0.3 is 0 Å². The quantitative estimate of drug-likeness (QED) is 0.624. The molecule has 0 saturated heterocycles. The van der Waals surface area contributed by atoms with Crippen molar-refractivity contribution in [2.75, 3.05) is 0 Å². The Bertz CT molecular complexity index is 668. The zero-order valence-electron chi connectivity index (χ0n) is 12.8. The minimum absolute atomic E-state index is 0.140. The average molecular weight is 306 g/mol. The van der Waals surface area contributed by atoms with E-state index in [0.29, 0.717) is 30.4 Å². The maximum Gasteiger partial charge on any atom is 0.173 e. The predicted molar refractivity (Wildman–Crippen MR) is 87.4 cm³/mol. The van der Waals surface area contributed by atoms with E-state index in [1.807, 2.05) is 12.1 Å². The van der Waals surface area contributed by atoms with Crippen LogP contribution in [0.3, 0.4) is 0 Å². The molecule has 0 aliphatic heterocycles. The van der Waals surface area contributed by atoms with Gasteiger partial charge in [0.2, 0.25) is 0 Å². The zero-order chi connectivity index (χ0) is 16.2. The second kappa shape index (κ2) is 6.69. The van der Waals surface area contributed by atoms with E-state index in [1.165, 1.54) is 0 Å². The molecule has 0 aromatic heterocycles. The van der Waals surface area contributed by atoms with E-state index in [1.54, 1.807) is 48.5 Å². The zero-order valence-corrected chi connectivity index (χ0v) is 12.8. The molecule has 1 aliphatic rings. The Labute approximate surface area is 135 Å². The summed E-state index contributed by atoms with van der Waals surface area (Å²) in [5.41, 5.74) is 1.06. The number of Topliss-reactive ketones (excluding diaryl/α,β-unsaturated/α-hetero) is 3. The van der Waals surface area contributed by atoms with Gasteiger partial charge in [-0.3, -0.25) is 14.4 Å². The van der Waals surface area contributed by atoms with E-state index < -0.39 is 5.92 Å². The van der Waals surface area contributed by atoms with Crippen LogP contribution >= 0.6 is 0 Å². The van der Waals surface area contributed by atoms with Gasteiger partial charge in [-0.25, -0.2) is 0 Å². The molecular weight excluding hydrogens is 288 g/mol. The van der Waals surface area contributed by atoms with Crippen LogP contribution in [0, 0.1) is 11.8 Å². The van der Waals surface area contributed by atoms with Gasteiger partial charge in [0, 0.05) is 24.0 Å². The summed E-state index contributed by atoms with van der Waals surface area (Å²) in [5.74, 6) is -1.19. The molecule has 116 valence electrons. The average Bonchev–Trinajstić information content (AvgIpc) is 3.02. The van der Waals surface area contributed by atoms with E-state index in [9.17, 15) is 14.4 Å². The van der Waals surface area contributed by atoms with Crippen molar-refractivity contribution in [2.45, 2.75) is 19.3 Å². The molecule has 23 heavy (non-hydrogen) atoms. The van der Waals surface area contributed by atoms with E-state index in [-0.39, 0.29) is 23.3 Å². The molecule has 3 nitrogen and oxygen atoms in total. The molecule has 1 unspecified atom stereocenters. The van der Waals surface area contributed by atoms with Crippen molar-refractivity contribution >= 4 is 17.3 Å². The third-order valence-electron chi connectivity index (χ3n) is 4.44. The third-order valence-corrected chi connectivity index (χ3v) is 4.44. The van der Waals surface area contributed by atoms with Crippen molar-refractivity contribution in [1.82, 2.24) is 0 Å². The number of carbonyl (C=O) groups is 3. The van der Waals surface area contributed by atoms with Crippen molar-refractivity contribution in [3.05, 3.63) is 71.8 Å². The van der Waals surface area contributed by atoms with Crippen molar-refractivity contribution in [2.24, 2.45) is 11.8 Å². The summed E-state index contributed by atoms with van der Waals surface area (Å²) in [5, 5.41) is 0. The molecule has 0 heterocycles. The lowest BCUT2D eigenvalue weighted by molar-refractivity contribution is -0.117. The second-order valence-corrected chi connectivity index (χ2v) is 5.98. The van der Waals surface area contributed by atoms with Gasteiger partial charge in [-0.2, -0.15) is 0 Å². The van der Waals surface area contributed by atoms with Crippen LogP contribution < -0.4 is 0 Å². The van der Waals surface area contributed by atoms with Gasteiger partial charge in [-0.1, -0.05) is 60.7 Å². The summed E-state index contributed by atoms with van der Waals surface area (Å²) in [7, 11) is 0. The number of hydrogen-bond acceptors (Lipinski definition) is 3. The highest BCUT2D eigenvalue weighted by Crippen LogP contribution is 2.33. The van der Waals surface area contributed by atoms with Gasteiger partial charge in [0.05, 0.1) is 5.92 Å². The lowest BCUT2D eigenvalue weighted by Gasteiger charge is -2.20. The van der Waals surface area contributed by atoms with E-state index in [0.717, 1.165) is 0 Å². The highest BCUT2D eigenvalue weighted by Gasteiger charge is 2.39. The van der Waals surface area contributed by atoms with Crippen LogP contribution in [-0.4, -0.2) is 17.3 Å². The first kappa shape index (κ1) is 15.3. The monoisotopic (exact) mass is 306 g/mol. The summed E-state index contributed by atoms with van der Waals surface area (Å²) in [4.78, 5) is 37.5. The summed E-state index contributed by atoms with van der Waals surface area (Å²) in [6.45, 7) is 0. The largest absolute Gasteiger partial charge is 0.300 e. The number of carbonyl (C=O) groups excluding carboxylic acids is 3. The van der Waals surface area contributed by atoms with Crippen LogP contribution in [0.4, 0.5) is 0 Å². The molecule has 0 spiro atoms. The van der Waals surface area contributed by atoms with Crippen LogP contribution in [0.2, 0.25) is 0 Å². The first-order chi connectivity index (χ1) is 11.2. The molecule has 0 bridgehead atoms. The fourth-order valence-corrected chi connectivity index (χ4v) is 3.24. The fourth-order valence-electron chi connectivity index (χ4n) is 3.24. The van der Waals surface area contributed by atoms with E-state index in [4.69, 9.17) is 0 Å².